The Morgan fingerprint density at radius 2 is 0.860 bits per heavy atom. The van der Waals surface area contributed by atoms with Crippen LogP contribution in [0.25, 0.3) is 0 Å². The number of alkyl halides is 1. The molecule has 93 heavy (non-hydrogen) atoms. The van der Waals surface area contributed by atoms with E-state index >= 15 is 0 Å². The first kappa shape index (κ1) is 76.4. The number of hydrogen-bond donors (Lipinski definition) is 4. The van der Waals surface area contributed by atoms with Crippen molar-refractivity contribution in [1.29, 1.82) is 0 Å². The van der Waals surface area contributed by atoms with E-state index in [1.165, 1.54) is 42.5 Å². The third-order valence-corrected chi connectivity index (χ3v) is 16.6. The van der Waals surface area contributed by atoms with Crippen LogP contribution in [0.15, 0.2) is 109 Å². The molecule has 0 bridgehead atoms. The quantitative estimate of drug-likeness (QED) is 0.0207. The number of carboxylic acids is 1. The van der Waals surface area contributed by atoms with E-state index in [1.54, 1.807) is 33.8 Å². The number of esters is 2. The molecule has 5 aliphatic rings. The molecule has 1 amide bonds. The van der Waals surface area contributed by atoms with E-state index in [9.17, 15) is 76.4 Å². The van der Waals surface area contributed by atoms with Crippen LogP contribution in [-0.2, 0) is 47.0 Å². The summed E-state index contributed by atoms with van der Waals surface area (Å²) in [6.07, 6.45) is 1.42. The molecule has 1 heterocycles. The number of hydrogen-bond acceptors (Lipinski definition) is 12. The minimum atomic E-state index is -3.28. The molecule has 14 nitrogen and oxygen atoms in total. The van der Waals surface area contributed by atoms with Gasteiger partial charge in [0, 0.05) is 17.9 Å². The zero-order valence-electron chi connectivity index (χ0n) is 50.4. The maximum absolute atomic E-state index is 13.0. The lowest BCUT2D eigenvalue weighted by molar-refractivity contribution is -0.145. The maximum atomic E-state index is 13.0. The predicted octanol–water partition coefficient (Wildman–Crippen LogP) is 14.2. The van der Waals surface area contributed by atoms with Crippen LogP contribution in [0.4, 0.5) is 52.7 Å². The van der Waals surface area contributed by atoms with E-state index < -0.39 is 101 Å². The Morgan fingerprint density at radius 3 is 1.18 bits per heavy atom. The summed E-state index contributed by atoms with van der Waals surface area (Å²) in [7, 11) is -3.28. The number of aliphatic hydroxyl groups excluding tert-OH is 1. The smallest absolute Gasteiger partial charge is 0.341 e. The lowest BCUT2D eigenvalue weighted by atomic mass is 10.1. The Balaban J connectivity index is 0.000000197. The number of aliphatic carboxylic acids is 1. The second kappa shape index (κ2) is 35.8. The molecular formula is C65H68ClF12N2O12P. The highest BCUT2D eigenvalue weighted by atomic mass is 35.5. The first-order valence-corrected chi connectivity index (χ1v) is 31.3. The second-order valence-electron chi connectivity index (χ2n) is 21.3. The van der Waals surface area contributed by atoms with Gasteiger partial charge in [0.1, 0.15) is 12.3 Å². The van der Waals surface area contributed by atoms with Gasteiger partial charge in [-0.15, -0.1) is 11.6 Å². The van der Waals surface area contributed by atoms with E-state index in [0.29, 0.717) is 54.7 Å². The van der Waals surface area contributed by atoms with Gasteiger partial charge in [-0.25, -0.2) is 52.7 Å². The molecule has 1 saturated heterocycles. The molecular weight excluding hydrogens is 1300 g/mol. The molecule has 506 valence electrons. The van der Waals surface area contributed by atoms with E-state index in [-0.39, 0.29) is 97.0 Å². The van der Waals surface area contributed by atoms with E-state index in [0.717, 1.165) is 72.6 Å². The Bertz CT molecular complexity index is 3440. The van der Waals surface area contributed by atoms with Crippen LogP contribution in [0.5, 0.6) is 0 Å². The van der Waals surface area contributed by atoms with Crippen molar-refractivity contribution < 1.29 is 110 Å². The van der Waals surface area contributed by atoms with Gasteiger partial charge in [-0.3, -0.25) is 23.7 Å². The standard InChI is InChI=1S/C12H12F2O2.C10H9F2NO.C10H8F2O2.C9H9F2N.C8H7ClF2O.C8H6F2O.C8H17O5P/c1-2-16-12(15)9-6-8(9)7-3-4-10(13)11(14)5-7;2*11-8-2-1-5(3-9(8)12)6-4-7(6)10(13)14;10-7-2-1-5(3-8(7)11)6-4-9(6)12;9-4-8(12)5-1-2-6(10)7(11)3-5;9-6-2-1-5(3-7(6)10)8-4-11-8;1-4-11-8(9)7-14(10,12-5-2)13-6-3/h3-5,8-9H,2,6H2,1H3;1-3,6-7H,4H2,(H2,13,14);1-3,6-7H,4H2,(H,13,14);1-3,6,9H,4,12H2;1-3,8,12H,4H2;1-3,8H,4H2;4-7H2,1-3H3/t8-,9+;2*6-,7+;6-,9+;2*8-;/m000011./s1. The lowest BCUT2D eigenvalue weighted by Gasteiger charge is -2.15. The van der Waals surface area contributed by atoms with Crippen LogP contribution in [0.1, 0.15) is 123 Å². The van der Waals surface area contributed by atoms with E-state index in [2.05, 4.69) is 4.74 Å². The molecule has 11 rings (SSSR count). The molecule has 6 aromatic carbocycles. The number of ether oxygens (including phenoxy) is 3. The first-order chi connectivity index (χ1) is 44.0. The van der Waals surface area contributed by atoms with Crippen LogP contribution >= 0.6 is 19.2 Å². The number of amides is 1. The van der Waals surface area contributed by atoms with Crippen molar-refractivity contribution in [3.8, 4) is 0 Å². The normalized spacial score (nSPS) is 20.9. The predicted molar refractivity (Wildman–Crippen MR) is 316 cm³/mol. The second-order valence-corrected chi connectivity index (χ2v) is 23.7. The molecule has 5 fully saturated rings. The lowest BCUT2D eigenvalue weighted by Crippen LogP contribution is -2.13. The molecule has 6 N–H and O–H groups in total. The fraction of sp³-hybridized carbons (Fsp3) is 0.385. The summed E-state index contributed by atoms with van der Waals surface area (Å²) in [6.45, 7) is 8.53. The van der Waals surface area contributed by atoms with Gasteiger partial charge in [-0.05, 0) is 177 Å². The molecule has 4 aliphatic carbocycles. The number of rotatable bonds is 18. The van der Waals surface area contributed by atoms with Crippen LogP contribution in [-0.4, -0.2) is 85.1 Å². The maximum Gasteiger partial charge on any atom is 0.341 e. The van der Waals surface area contributed by atoms with Crippen molar-refractivity contribution in [2.24, 2.45) is 29.2 Å². The van der Waals surface area contributed by atoms with Gasteiger partial charge in [0.05, 0.1) is 56.9 Å². The van der Waals surface area contributed by atoms with Crippen LogP contribution in [0.2, 0.25) is 0 Å². The molecule has 0 radical (unpaired) electrons. The number of carbonyl (C=O) groups is 4. The van der Waals surface area contributed by atoms with Gasteiger partial charge < -0.3 is 44.9 Å². The van der Waals surface area contributed by atoms with Crippen LogP contribution < -0.4 is 11.5 Å². The van der Waals surface area contributed by atoms with Gasteiger partial charge in [0.2, 0.25) is 5.91 Å². The van der Waals surface area contributed by atoms with Gasteiger partial charge in [0.25, 0.3) is 0 Å². The average molecular weight is 1360 g/mol. The molecule has 10 atom stereocenters. The van der Waals surface area contributed by atoms with E-state index in [1.807, 2.05) is 0 Å². The first-order valence-electron chi connectivity index (χ1n) is 29.0. The van der Waals surface area contributed by atoms with Gasteiger partial charge in [-0.1, -0.05) is 36.4 Å². The van der Waals surface area contributed by atoms with Gasteiger partial charge in [0.15, 0.2) is 69.8 Å². The summed E-state index contributed by atoms with van der Waals surface area (Å²) in [6, 6.07) is 22.1. The highest BCUT2D eigenvalue weighted by molar-refractivity contribution is 7.54. The summed E-state index contributed by atoms with van der Waals surface area (Å²) in [5.41, 5.74) is 14.3. The van der Waals surface area contributed by atoms with E-state index in [4.69, 9.17) is 51.8 Å². The molecule has 0 unspecified atom stereocenters. The fourth-order valence-electron chi connectivity index (χ4n) is 9.01. The van der Waals surface area contributed by atoms with Crippen LogP contribution in [0, 0.1) is 87.6 Å². The van der Waals surface area contributed by atoms with Crippen molar-refractivity contribution in [2.45, 2.75) is 95.3 Å². The number of primary amides is 1. The van der Waals surface area contributed by atoms with Gasteiger partial charge >= 0.3 is 25.5 Å². The average Bonchev–Trinajstić information content (AvgIpc) is 1.67. The highest BCUT2D eigenvalue weighted by Crippen LogP contribution is 2.50. The fourth-order valence-corrected chi connectivity index (χ4v) is 10.6. The third kappa shape index (κ3) is 24.2. The van der Waals surface area contributed by atoms with Crippen LogP contribution in [0.3, 0.4) is 0 Å². The number of halogens is 13. The number of nitrogens with two attached hydrogens (primary N) is 2. The van der Waals surface area contributed by atoms with Crippen molar-refractivity contribution in [3.05, 3.63) is 212 Å². The molecule has 4 saturated carbocycles. The molecule has 6 aromatic rings. The molecule has 1 aliphatic heterocycles. The summed E-state index contributed by atoms with van der Waals surface area (Å²) in [5, 5.41) is 17.8. The number of carbonyl (C=O) groups excluding carboxylic acids is 3. The monoisotopic (exact) mass is 1360 g/mol. The molecule has 0 aromatic heterocycles. The molecule has 28 heteroatoms. The minimum absolute atomic E-state index is 0.00917. The Labute approximate surface area is 533 Å². The number of carboxylic acid groups (broad SMARTS) is 1. The number of benzene rings is 6. The van der Waals surface area contributed by atoms with Crippen molar-refractivity contribution in [3.63, 3.8) is 0 Å². The number of aliphatic hydroxyl groups is 1. The summed E-state index contributed by atoms with van der Waals surface area (Å²) < 4.78 is 187. The summed E-state index contributed by atoms with van der Waals surface area (Å²) in [4.78, 5) is 43.7. The minimum Gasteiger partial charge on any atom is -0.481 e. The molecule has 0 spiro atoms. The van der Waals surface area contributed by atoms with Crippen molar-refractivity contribution >= 4 is 43.0 Å². The zero-order valence-corrected chi connectivity index (χ0v) is 52.1. The summed E-state index contributed by atoms with van der Waals surface area (Å²) >= 11 is 5.31. The largest absolute Gasteiger partial charge is 0.481 e. The topological polar surface area (TPSA) is 227 Å². The Hall–Kier alpha value is -7.32. The number of epoxide rings is 1. The van der Waals surface area contributed by atoms with Crippen molar-refractivity contribution in [2.75, 3.05) is 45.1 Å². The highest BCUT2D eigenvalue weighted by Gasteiger charge is 2.46. The Morgan fingerprint density at radius 1 is 0.516 bits per heavy atom. The van der Waals surface area contributed by atoms with Gasteiger partial charge in [-0.2, -0.15) is 0 Å². The summed E-state index contributed by atoms with van der Waals surface area (Å²) in [5.74, 6) is -13.3. The Kier molecular flexibility index (Phi) is 29.4. The third-order valence-electron chi connectivity index (χ3n) is 14.4. The SMILES string of the molecule is CCOC(=O)CP(=O)(OCC)OCC.CCOC(=O)[C@@H]1C[C@H]1c1ccc(F)c(F)c1.Fc1ccc([C@H]2CO2)cc1F.NC(=O)[C@@H]1C[C@H]1c1ccc(F)c(F)c1.N[C@@H]1C[C@H]1c1ccc(F)c(F)c1.O=C(O)[C@@H]1C[C@H]1c1ccc(F)c(F)c1.O[C@H](CCl)c1ccc(F)c(F)c1. The van der Waals surface area contributed by atoms with Crippen molar-refractivity contribution in [1.82, 2.24) is 0 Å². The zero-order chi connectivity index (χ0) is 69.0.